The SMILES string of the molecule is CN(C)c1ncc(C(CN)N2CCC(F)(F)CC2)cn1. The van der Waals surface area contributed by atoms with E-state index in [1.54, 1.807) is 12.4 Å². The fourth-order valence-corrected chi connectivity index (χ4v) is 2.39. The highest BCUT2D eigenvalue weighted by atomic mass is 19.3. The first kappa shape index (κ1) is 15.1. The second-order valence-corrected chi connectivity index (χ2v) is 5.35. The summed E-state index contributed by atoms with van der Waals surface area (Å²) < 4.78 is 26.4. The zero-order valence-electron chi connectivity index (χ0n) is 11.9. The number of halogens is 2. The molecule has 2 N–H and O–H groups in total. The van der Waals surface area contributed by atoms with Crippen LogP contribution in [0.2, 0.25) is 0 Å². The molecule has 2 heterocycles. The molecule has 0 bridgehead atoms. The van der Waals surface area contributed by atoms with Gasteiger partial charge in [0.2, 0.25) is 5.95 Å². The maximum atomic E-state index is 13.2. The molecule has 0 aromatic carbocycles. The third-order valence-corrected chi connectivity index (χ3v) is 3.64. The van der Waals surface area contributed by atoms with Crippen molar-refractivity contribution in [2.24, 2.45) is 5.73 Å². The molecule has 0 amide bonds. The Morgan fingerprint density at radius 2 is 1.85 bits per heavy atom. The molecule has 7 heteroatoms. The minimum absolute atomic E-state index is 0.0951. The molecule has 0 radical (unpaired) electrons. The summed E-state index contributed by atoms with van der Waals surface area (Å²) >= 11 is 0. The molecule has 0 spiro atoms. The lowest BCUT2D eigenvalue weighted by molar-refractivity contribution is -0.0627. The second kappa shape index (κ2) is 5.97. The maximum Gasteiger partial charge on any atom is 0.250 e. The van der Waals surface area contributed by atoms with Crippen molar-refractivity contribution < 1.29 is 8.78 Å². The van der Waals surface area contributed by atoms with Gasteiger partial charge in [0.1, 0.15) is 0 Å². The maximum absolute atomic E-state index is 13.2. The molecule has 1 fully saturated rings. The summed E-state index contributed by atoms with van der Waals surface area (Å²) in [6, 6.07) is -0.0951. The summed E-state index contributed by atoms with van der Waals surface area (Å²) in [6.45, 7) is 1.07. The quantitative estimate of drug-likeness (QED) is 0.903. The van der Waals surface area contributed by atoms with E-state index in [1.165, 1.54) is 0 Å². The van der Waals surface area contributed by atoms with E-state index in [9.17, 15) is 8.78 Å². The molecule has 1 aliphatic rings. The Morgan fingerprint density at radius 1 is 1.30 bits per heavy atom. The van der Waals surface area contributed by atoms with Gasteiger partial charge in [-0.15, -0.1) is 0 Å². The summed E-state index contributed by atoms with van der Waals surface area (Å²) in [6.07, 6.45) is 3.24. The topological polar surface area (TPSA) is 58.3 Å². The number of anilines is 1. The van der Waals surface area contributed by atoms with Crippen LogP contribution in [0.15, 0.2) is 12.4 Å². The number of nitrogens with zero attached hydrogens (tertiary/aromatic N) is 4. The van der Waals surface area contributed by atoms with Crippen LogP contribution in [0.25, 0.3) is 0 Å². The van der Waals surface area contributed by atoms with Gasteiger partial charge >= 0.3 is 0 Å². The van der Waals surface area contributed by atoms with Gasteiger partial charge in [0.15, 0.2) is 0 Å². The molecule has 1 aromatic heterocycles. The average molecular weight is 285 g/mol. The zero-order chi connectivity index (χ0) is 14.8. The standard InChI is InChI=1S/C13H21F2N5/c1-19(2)12-17-8-10(9-18-12)11(7-16)20-5-3-13(14,15)4-6-20/h8-9,11H,3-7,16H2,1-2H3. The summed E-state index contributed by atoms with van der Waals surface area (Å²) in [5.74, 6) is -1.92. The Morgan fingerprint density at radius 3 is 2.30 bits per heavy atom. The van der Waals surface area contributed by atoms with Crippen LogP contribution in [0.1, 0.15) is 24.4 Å². The van der Waals surface area contributed by atoms with Crippen LogP contribution in [0.4, 0.5) is 14.7 Å². The minimum atomic E-state index is -2.54. The van der Waals surface area contributed by atoms with Crippen LogP contribution in [0, 0.1) is 0 Å². The Bertz CT molecular complexity index is 425. The second-order valence-electron chi connectivity index (χ2n) is 5.35. The number of likely N-dealkylation sites (tertiary alicyclic amines) is 1. The molecule has 1 atom stereocenters. The molecule has 1 aromatic rings. The van der Waals surface area contributed by atoms with Crippen LogP contribution >= 0.6 is 0 Å². The van der Waals surface area contributed by atoms with Crippen LogP contribution in [0.5, 0.6) is 0 Å². The zero-order valence-corrected chi connectivity index (χ0v) is 11.9. The Balaban J connectivity index is 2.08. The van der Waals surface area contributed by atoms with Crippen LogP contribution in [-0.2, 0) is 0 Å². The number of hydrogen-bond acceptors (Lipinski definition) is 5. The summed E-state index contributed by atoms with van der Waals surface area (Å²) in [7, 11) is 3.73. The van der Waals surface area contributed by atoms with Gasteiger partial charge in [-0.3, -0.25) is 4.90 Å². The van der Waals surface area contributed by atoms with E-state index in [-0.39, 0.29) is 18.9 Å². The van der Waals surface area contributed by atoms with Crippen molar-refractivity contribution in [3.05, 3.63) is 18.0 Å². The van der Waals surface area contributed by atoms with Gasteiger partial charge in [-0.1, -0.05) is 0 Å². The highest BCUT2D eigenvalue weighted by Crippen LogP contribution is 2.31. The third-order valence-electron chi connectivity index (χ3n) is 3.64. The lowest BCUT2D eigenvalue weighted by Crippen LogP contribution is -2.43. The van der Waals surface area contributed by atoms with E-state index in [4.69, 9.17) is 5.73 Å². The van der Waals surface area contributed by atoms with Crippen LogP contribution in [0.3, 0.4) is 0 Å². The first-order valence-electron chi connectivity index (χ1n) is 6.74. The molecular formula is C13H21F2N5. The molecule has 0 aliphatic carbocycles. The van der Waals surface area contributed by atoms with E-state index < -0.39 is 5.92 Å². The fourth-order valence-electron chi connectivity index (χ4n) is 2.39. The predicted molar refractivity (Wildman–Crippen MR) is 73.9 cm³/mol. The van der Waals surface area contributed by atoms with E-state index in [1.807, 2.05) is 23.9 Å². The van der Waals surface area contributed by atoms with E-state index >= 15 is 0 Å². The van der Waals surface area contributed by atoms with Gasteiger partial charge < -0.3 is 10.6 Å². The smallest absolute Gasteiger partial charge is 0.250 e. The monoisotopic (exact) mass is 285 g/mol. The fraction of sp³-hybridized carbons (Fsp3) is 0.692. The molecule has 0 saturated carbocycles. The number of alkyl halides is 2. The van der Waals surface area contributed by atoms with E-state index in [2.05, 4.69) is 9.97 Å². The average Bonchev–Trinajstić information content (AvgIpc) is 2.42. The largest absolute Gasteiger partial charge is 0.347 e. The van der Waals surface area contributed by atoms with Crippen LogP contribution in [-0.4, -0.2) is 54.5 Å². The van der Waals surface area contributed by atoms with E-state index in [0.29, 0.717) is 25.6 Å². The number of aromatic nitrogens is 2. The van der Waals surface area contributed by atoms with E-state index in [0.717, 1.165) is 5.56 Å². The molecule has 1 unspecified atom stereocenters. The molecule has 2 rings (SSSR count). The predicted octanol–water partition coefficient (Wildman–Crippen LogP) is 1.27. The van der Waals surface area contributed by atoms with Gasteiger partial charge in [0, 0.05) is 64.5 Å². The normalized spacial score (nSPS) is 20.6. The Labute approximate surface area is 117 Å². The molecule has 1 aliphatic heterocycles. The summed E-state index contributed by atoms with van der Waals surface area (Å²) in [5, 5.41) is 0. The number of nitrogens with two attached hydrogens (primary N) is 1. The molecular weight excluding hydrogens is 264 g/mol. The van der Waals surface area contributed by atoms with Crippen molar-refractivity contribution >= 4 is 5.95 Å². The van der Waals surface area contributed by atoms with Crippen molar-refractivity contribution in [2.75, 3.05) is 38.6 Å². The first-order chi connectivity index (χ1) is 9.43. The van der Waals surface area contributed by atoms with Gasteiger partial charge in [0.25, 0.3) is 5.92 Å². The van der Waals surface area contributed by atoms with Crippen molar-refractivity contribution in [2.45, 2.75) is 24.8 Å². The van der Waals surface area contributed by atoms with Crippen LogP contribution < -0.4 is 10.6 Å². The van der Waals surface area contributed by atoms with Gasteiger partial charge in [-0.25, -0.2) is 18.7 Å². The lowest BCUT2D eigenvalue weighted by Gasteiger charge is -2.36. The molecule has 1 saturated heterocycles. The van der Waals surface area contributed by atoms with Crippen molar-refractivity contribution in [3.8, 4) is 0 Å². The molecule has 5 nitrogen and oxygen atoms in total. The minimum Gasteiger partial charge on any atom is -0.347 e. The van der Waals surface area contributed by atoms with Crippen molar-refractivity contribution in [3.63, 3.8) is 0 Å². The first-order valence-corrected chi connectivity index (χ1v) is 6.74. The number of hydrogen-bond donors (Lipinski definition) is 1. The summed E-state index contributed by atoms with van der Waals surface area (Å²) in [5.41, 5.74) is 6.68. The lowest BCUT2D eigenvalue weighted by atomic mass is 10.0. The van der Waals surface area contributed by atoms with Crippen molar-refractivity contribution in [1.82, 2.24) is 14.9 Å². The third kappa shape index (κ3) is 3.40. The van der Waals surface area contributed by atoms with Gasteiger partial charge in [-0.2, -0.15) is 0 Å². The number of piperidine rings is 1. The Hall–Kier alpha value is -1.34. The highest BCUT2D eigenvalue weighted by Gasteiger charge is 2.36. The van der Waals surface area contributed by atoms with Gasteiger partial charge in [-0.05, 0) is 0 Å². The van der Waals surface area contributed by atoms with Gasteiger partial charge in [0.05, 0.1) is 6.04 Å². The molecule has 112 valence electrons. The van der Waals surface area contributed by atoms with Crippen molar-refractivity contribution in [1.29, 1.82) is 0 Å². The molecule has 20 heavy (non-hydrogen) atoms. The Kier molecular flexibility index (Phi) is 4.49. The number of rotatable bonds is 4. The summed E-state index contributed by atoms with van der Waals surface area (Å²) in [4.78, 5) is 12.3. The highest BCUT2D eigenvalue weighted by molar-refractivity contribution is 5.27.